The summed E-state index contributed by atoms with van der Waals surface area (Å²) in [7, 11) is 0. The molecule has 0 saturated carbocycles. The summed E-state index contributed by atoms with van der Waals surface area (Å²) in [4.78, 5) is 15.1. The molecule has 4 heteroatoms. The first-order chi connectivity index (χ1) is 9.17. The Morgan fingerprint density at radius 3 is 2.79 bits per heavy atom. The fraction of sp³-hybridized carbons (Fsp3) is 0.0667. The maximum atomic E-state index is 10.7. The molecule has 0 unspecified atom stereocenters. The van der Waals surface area contributed by atoms with E-state index in [1.54, 1.807) is 18.2 Å². The third-order valence-electron chi connectivity index (χ3n) is 2.97. The number of fused-ring (bicyclic) bond motifs is 1. The minimum Gasteiger partial charge on any atom is -0.436 e. The molecule has 2 aromatic carbocycles. The number of oxazole rings is 1. The van der Waals surface area contributed by atoms with Crippen LogP contribution in [0, 0.1) is 6.92 Å². The molecule has 0 aliphatic rings. The molecule has 0 spiro atoms. The van der Waals surface area contributed by atoms with E-state index in [-0.39, 0.29) is 0 Å². The van der Waals surface area contributed by atoms with Crippen LogP contribution in [0.4, 0.5) is 0 Å². The predicted octanol–water partition coefficient (Wildman–Crippen LogP) is 4.27. The Bertz CT molecular complexity index is 777. The quantitative estimate of drug-likeness (QED) is 0.654. The van der Waals surface area contributed by atoms with Gasteiger partial charge < -0.3 is 4.42 Å². The number of rotatable bonds is 2. The molecule has 0 aliphatic carbocycles. The Balaban J connectivity index is 2.14. The highest BCUT2D eigenvalue weighted by atomic mass is 35.5. The van der Waals surface area contributed by atoms with Gasteiger partial charge in [-0.25, -0.2) is 4.98 Å². The van der Waals surface area contributed by atoms with Crippen molar-refractivity contribution in [3.8, 4) is 11.5 Å². The fourth-order valence-electron chi connectivity index (χ4n) is 1.86. The van der Waals surface area contributed by atoms with Gasteiger partial charge in [-0.3, -0.25) is 4.79 Å². The summed E-state index contributed by atoms with van der Waals surface area (Å²) in [5.41, 5.74) is 3.70. The molecule has 1 heterocycles. The van der Waals surface area contributed by atoms with Gasteiger partial charge in [-0.05, 0) is 42.8 Å². The molecule has 94 valence electrons. The fourth-order valence-corrected chi connectivity index (χ4v) is 2.04. The normalized spacial score (nSPS) is 10.8. The van der Waals surface area contributed by atoms with Crippen LogP contribution >= 0.6 is 11.6 Å². The second kappa shape index (κ2) is 4.52. The zero-order valence-corrected chi connectivity index (χ0v) is 10.9. The number of aldehydes is 1. The molecule has 0 N–H and O–H groups in total. The van der Waals surface area contributed by atoms with E-state index in [9.17, 15) is 4.79 Å². The SMILES string of the molecule is Cc1ccc(-c2nc3ccc(C=O)cc3o2)cc1Cl. The summed E-state index contributed by atoms with van der Waals surface area (Å²) >= 11 is 6.09. The van der Waals surface area contributed by atoms with Crippen LogP contribution < -0.4 is 0 Å². The van der Waals surface area contributed by atoms with Gasteiger partial charge in [0.15, 0.2) is 5.58 Å². The van der Waals surface area contributed by atoms with E-state index in [0.717, 1.165) is 22.9 Å². The van der Waals surface area contributed by atoms with Crippen LogP contribution in [-0.4, -0.2) is 11.3 Å². The van der Waals surface area contributed by atoms with E-state index in [2.05, 4.69) is 4.98 Å². The van der Waals surface area contributed by atoms with Crippen LogP contribution in [0.1, 0.15) is 15.9 Å². The first-order valence-corrected chi connectivity index (χ1v) is 6.17. The Kier molecular flexibility index (Phi) is 2.84. The van der Waals surface area contributed by atoms with Crippen LogP contribution in [0.15, 0.2) is 40.8 Å². The number of hydrogen-bond donors (Lipinski definition) is 0. The summed E-state index contributed by atoms with van der Waals surface area (Å²) in [6.07, 6.45) is 0.782. The number of aromatic nitrogens is 1. The van der Waals surface area contributed by atoms with Crippen molar-refractivity contribution >= 4 is 29.0 Å². The average Bonchev–Trinajstić information content (AvgIpc) is 2.84. The molecule has 0 radical (unpaired) electrons. The maximum Gasteiger partial charge on any atom is 0.227 e. The van der Waals surface area contributed by atoms with Crippen molar-refractivity contribution < 1.29 is 9.21 Å². The molecule has 3 aromatic rings. The smallest absolute Gasteiger partial charge is 0.227 e. The second-order valence-electron chi connectivity index (χ2n) is 4.33. The number of benzene rings is 2. The maximum absolute atomic E-state index is 10.7. The highest BCUT2D eigenvalue weighted by molar-refractivity contribution is 6.31. The van der Waals surface area contributed by atoms with E-state index in [0.29, 0.717) is 22.1 Å². The summed E-state index contributed by atoms with van der Waals surface area (Å²) < 4.78 is 5.66. The Morgan fingerprint density at radius 2 is 2.05 bits per heavy atom. The van der Waals surface area contributed by atoms with Crippen molar-refractivity contribution in [2.24, 2.45) is 0 Å². The topological polar surface area (TPSA) is 43.1 Å². The lowest BCUT2D eigenvalue weighted by Crippen LogP contribution is -1.80. The highest BCUT2D eigenvalue weighted by Gasteiger charge is 2.09. The van der Waals surface area contributed by atoms with Gasteiger partial charge in [0.1, 0.15) is 11.8 Å². The lowest BCUT2D eigenvalue weighted by molar-refractivity contribution is 0.112. The standard InChI is InChI=1S/C15H10ClNO2/c1-9-2-4-11(7-12(9)16)15-17-13-5-3-10(8-18)6-14(13)19-15/h2-8H,1H3. The Morgan fingerprint density at radius 1 is 1.21 bits per heavy atom. The Hall–Kier alpha value is -2.13. The summed E-state index contributed by atoms with van der Waals surface area (Å²) in [5, 5.41) is 0.674. The number of nitrogens with zero attached hydrogens (tertiary/aromatic N) is 1. The third-order valence-corrected chi connectivity index (χ3v) is 3.37. The van der Waals surface area contributed by atoms with Crippen molar-refractivity contribution in [3.63, 3.8) is 0 Å². The van der Waals surface area contributed by atoms with Gasteiger partial charge >= 0.3 is 0 Å². The second-order valence-corrected chi connectivity index (χ2v) is 4.74. The van der Waals surface area contributed by atoms with E-state index >= 15 is 0 Å². The zero-order chi connectivity index (χ0) is 13.4. The van der Waals surface area contributed by atoms with Crippen molar-refractivity contribution in [3.05, 3.63) is 52.5 Å². The molecular weight excluding hydrogens is 262 g/mol. The molecule has 0 aliphatic heterocycles. The third kappa shape index (κ3) is 2.13. The summed E-state index contributed by atoms with van der Waals surface area (Å²) in [5.74, 6) is 0.500. The van der Waals surface area contributed by atoms with Gasteiger partial charge in [0, 0.05) is 16.1 Å². The van der Waals surface area contributed by atoms with Crippen LogP contribution in [-0.2, 0) is 0 Å². The van der Waals surface area contributed by atoms with Crippen LogP contribution in [0.2, 0.25) is 5.02 Å². The van der Waals surface area contributed by atoms with E-state index < -0.39 is 0 Å². The molecule has 3 rings (SSSR count). The van der Waals surface area contributed by atoms with Crippen molar-refractivity contribution in [2.75, 3.05) is 0 Å². The molecular formula is C15H10ClNO2. The first-order valence-electron chi connectivity index (χ1n) is 5.79. The first kappa shape index (κ1) is 11.9. The number of carbonyl (C=O) groups is 1. The van der Waals surface area contributed by atoms with Gasteiger partial charge in [0.05, 0.1) is 0 Å². The van der Waals surface area contributed by atoms with Gasteiger partial charge in [-0.15, -0.1) is 0 Å². The van der Waals surface area contributed by atoms with Crippen molar-refractivity contribution in [2.45, 2.75) is 6.92 Å². The molecule has 0 amide bonds. The van der Waals surface area contributed by atoms with Gasteiger partial charge in [0.2, 0.25) is 5.89 Å². The minimum absolute atomic E-state index is 0.500. The Labute approximate surface area is 114 Å². The van der Waals surface area contributed by atoms with Gasteiger partial charge in [-0.1, -0.05) is 17.7 Å². The van der Waals surface area contributed by atoms with E-state index in [4.69, 9.17) is 16.0 Å². The lowest BCUT2D eigenvalue weighted by atomic mass is 10.1. The van der Waals surface area contributed by atoms with E-state index in [1.807, 2.05) is 25.1 Å². The van der Waals surface area contributed by atoms with Crippen LogP contribution in [0.25, 0.3) is 22.6 Å². The number of carbonyl (C=O) groups excluding carboxylic acids is 1. The molecule has 19 heavy (non-hydrogen) atoms. The monoisotopic (exact) mass is 271 g/mol. The van der Waals surface area contributed by atoms with Crippen LogP contribution in [0.3, 0.4) is 0 Å². The molecule has 0 saturated heterocycles. The summed E-state index contributed by atoms with van der Waals surface area (Å²) in [6.45, 7) is 1.94. The van der Waals surface area contributed by atoms with E-state index in [1.165, 1.54) is 0 Å². The molecule has 0 atom stereocenters. The van der Waals surface area contributed by atoms with Crippen molar-refractivity contribution in [1.82, 2.24) is 4.98 Å². The molecule has 0 bridgehead atoms. The molecule has 1 aromatic heterocycles. The van der Waals surface area contributed by atoms with Gasteiger partial charge in [-0.2, -0.15) is 0 Å². The highest BCUT2D eigenvalue weighted by Crippen LogP contribution is 2.28. The number of aryl methyl sites for hydroxylation is 1. The number of hydrogen-bond acceptors (Lipinski definition) is 3. The predicted molar refractivity (Wildman–Crippen MR) is 74.6 cm³/mol. The zero-order valence-electron chi connectivity index (χ0n) is 10.2. The number of halogens is 1. The van der Waals surface area contributed by atoms with Crippen molar-refractivity contribution in [1.29, 1.82) is 0 Å². The average molecular weight is 272 g/mol. The van der Waals surface area contributed by atoms with Crippen LogP contribution in [0.5, 0.6) is 0 Å². The summed E-state index contributed by atoms with van der Waals surface area (Å²) in [6, 6.07) is 10.8. The molecule has 3 nitrogen and oxygen atoms in total. The lowest BCUT2D eigenvalue weighted by Gasteiger charge is -1.99. The molecule has 0 fully saturated rings. The van der Waals surface area contributed by atoms with Gasteiger partial charge in [0.25, 0.3) is 0 Å². The largest absolute Gasteiger partial charge is 0.436 e. The minimum atomic E-state index is 0.500.